The van der Waals surface area contributed by atoms with Crippen LogP contribution in [-0.2, 0) is 0 Å². The van der Waals surface area contributed by atoms with Gasteiger partial charge < -0.3 is 20.3 Å². The van der Waals surface area contributed by atoms with E-state index < -0.39 is 0 Å². The first kappa shape index (κ1) is 18.7. The Morgan fingerprint density at radius 2 is 2.04 bits per heavy atom. The first-order valence-electron chi connectivity index (χ1n) is 8.48. The van der Waals surface area contributed by atoms with Crippen LogP contribution in [0.1, 0.15) is 23.8 Å². The lowest BCUT2D eigenvalue weighted by atomic mass is 10.2. The molecule has 1 heterocycles. The Balaban J connectivity index is 2.00. The fraction of sp³-hybridized carbons (Fsp3) is 0.368. The number of aromatic nitrogens is 1. The summed E-state index contributed by atoms with van der Waals surface area (Å²) in [5.41, 5.74) is 2.04. The minimum atomic E-state index is -0.166. The standard InChI is InChI=1S/C19H26N4O2/c1-4-25-18-9-6-5-8-16(18)22-15-10-12-20-17(14-15)19(24)21-11-7-13-23(2)3/h5-6,8-10,12,14H,4,7,11,13H2,1-3H3,(H,20,22)(H,21,24). The number of rotatable bonds is 9. The molecular weight excluding hydrogens is 316 g/mol. The molecule has 134 valence electrons. The van der Waals surface area contributed by atoms with Crippen LogP contribution in [0.4, 0.5) is 11.4 Å². The number of nitrogens with zero attached hydrogens (tertiary/aromatic N) is 2. The molecule has 6 nitrogen and oxygen atoms in total. The number of carbonyl (C=O) groups is 1. The molecule has 0 bridgehead atoms. The van der Waals surface area contributed by atoms with E-state index in [0.717, 1.165) is 30.1 Å². The van der Waals surface area contributed by atoms with Gasteiger partial charge in [-0.25, -0.2) is 0 Å². The number of anilines is 2. The lowest BCUT2D eigenvalue weighted by molar-refractivity contribution is 0.0947. The molecular formula is C19H26N4O2. The summed E-state index contributed by atoms with van der Waals surface area (Å²) in [6, 6.07) is 11.3. The zero-order valence-electron chi connectivity index (χ0n) is 15.1. The van der Waals surface area contributed by atoms with E-state index >= 15 is 0 Å². The summed E-state index contributed by atoms with van der Waals surface area (Å²) >= 11 is 0. The van der Waals surface area contributed by atoms with Crippen LogP contribution in [0.2, 0.25) is 0 Å². The molecule has 25 heavy (non-hydrogen) atoms. The van der Waals surface area contributed by atoms with Crippen molar-refractivity contribution in [1.82, 2.24) is 15.2 Å². The van der Waals surface area contributed by atoms with Crippen LogP contribution in [0.3, 0.4) is 0 Å². The molecule has 1 amide bonds. The van der Waals surface area contributed by atoms with Crippen molar-refractivity contribution in [1.29, 1.82) is 0 Å². The van der Waals surface area contributed by atoms with E-state index in [0.29, 0.717) is 18.8 Å². The van der Waals surface area contributed by atoms with Crippen molar-refractivity contribution in [2.24, 2.45) is 0 Å². The monoisotopic (exact) mass is 342 g/mol. The highest BCUT2D eigenvalue weighted by Crippen LogP contribution is 2.27. The normalized spacial score (nSPS) is 10.6. The second kappa shape index (κ2) is 9.64. The predicted octanol–water partition coefficient (Wildman–Crippen LogP) is 2.91. The smallest absolute Gasteiger partial charge is 0.269 e. The van der Waals surface area contributed by atoms with Crippen molar-refractivity contribution in [2.45, 2.75) is 13.3 Å². The van der Waals surface area contributed by atoms with E-state index in [1.807, 2.05) is 51.4 Å². The van der Waals surface area contributed by atoms with E-state index in [-0.39, 0.29) is 5.91 Å². The van der Waals surface area contributed by atoms with Gasteiger partial charge in [0.15, 0.2) is 0 Å². The van der Waals surface area contributed by atoms with E-state index in [9.17, 15) is 4.79 Å². The first-order valence-corrected chi connectivity index (χ1v) is 8.48. The molecule has 0 aliphatic heterocycles. The molecule has 0 saturated heterocycles. The highest BCUT2D eigenvalue weighted by molar-refractivity contribution is 5.93. The van der Waals surface area contributed by atoms with Crippen LogP contribution < -0.4 is 15.4 Å². The molecule has 2 aromatic rings. The Morgan fingerprint density at radius 3 is 2.80 bits per heavy atom. The summed E-state index contributed by atoms with van der Waals surface area (Å²) in [4.78, 5) is 18.5. The van der Waals surface area contributed by atoms with Crippen LogP contribution in [0, 0.1) is 0 Å². The van der Waals surface area contributed by atoms with Gasteiger partial charge in [-0.05, 0) is 58.3 Å². The number of para-hydroxylation sites is 2. The van der Waals surface area contributed by atoms with Crippen LogP contribution in [0.5, 0.6) is 5.75 Å². The Bertz CT molecular complexity index is 689. The van der Waals surface area contributed by atoms with Crippen molar-refractivity contribution in [3.8, 4) is 5.75 Å². The second-order valence-electron chi connectivity index (χ2n) is 5.90. The first-order chi connectivity index (χ1) is 12.1. The third-order valence-corrected chi connectivity index (χ3v) is 3.53. The van der Waals surface area contributed by atoms with E-state index in [1.54, 1.807) is 12.3 Å². The maximum atomic E-state index is 12.2. The van der Waals surface area contributed by atoms with Gasteiger partial charge in [0.05, 0.1) is 12.3 Å². The summed E-state index contributed by atoms with van der Waals surface area (Å²) in [6.45, 7) is 4.10. The molecule has 6 heteroatoms. The van der Waals surface area contributed by atoms with Crippen LogP contribution in [-0.4, -0.2) is 49.6 Å². The molecule has 1 aromatic heterocycles. The highest BCUT2D eigenvalue weighted by Gasteiger charge is 2.09. The molecule has 0 aliphatic rings. The SMILES string of the molecule is CCOc1ccccc1Nc1ccnc(C(=O)NCCCN(C)C)c1. The summed E-state index contributed by atoms with van der Waals surface area (Å²) in [7, 11) is 4.03. The molecule has 2 rings (SSSR count). The van der Waals surface area contributed by atoms with Crippen molar-refractivity contribution < 1.29 is 9.53 Å². The van der Waals surface area contributed by atoms with Crippen LogP contribution in [0.25, 0.3) is 0 Å². The molecule has 1 aromatic carbocycles. The van der Waals surface area contributed by atoms with Gasteiger partial charge in [0.25, 0.3) is 5.91 Å². The fourth-order valence-corrected chi connectivity index (χ4v) is 2.33. The van der Waals surface area contributed by atoms with Gasteiger partial charge in [-0.1, -0.05) is 12.1 Å². The maximum Gasteiger partial charge on any atom is 0.269 e. The van der Waals surface area contributed by atoms with Gasteiger partial charge in [0.1, 0.15) is 11.4 Å². The lowest BCUT2D eigenvalue weighted by Crippen LogP contribution is -2.27. The number of amides is 1. The molecule has 0 unspecified atom stereocenters. The topological polar surface area (TPSA) is 66.5 Å². The van der Waals surface area contributed by atoms with Crippen LogP contribution >= 0.6 is 0 Å². The molecule has 2 N–H and O–H groups in total. The van der Waals surface area contributed by atoms with Crippen molar-refractivity contribution >= 4 is 17.3 Å². The average Bonchev–Trinajstić information content (AvgIpc) is 2.60. The number of pyridine rings is 1. The van der Waals surface area contributed by atoms with E-state index in [1.165, 1.54) is 0 Å². The highest BCUT2D eigenvalue weighted by atomic mass is 16.5. The molecule has 0 aliphatic carbocycles. The molecule has 0 atom stereocenters. The minimum absolute atomic E-state index is 0.166. The zero-order valence-corrected chi connectivity index (χ0v) is 15.1. The molecule has 0 radical (unpaired) electrons. The van der Waals surface area contributed by atoms with Gasteiger partial charge in [0.2, 0.25) is 0 Å². The summed E-state index contributed by atoms with van der Waals surface area (Å²) in [6.07, 6.45) is 2.53. The lowest BCUT2D eigenvalue weighted by Gasteiger charge is -2.13. The second-order valence-corrected chi connectivity index (χ2v) is 5.90. The van der Waals surface area contributed by atoms with E-state index in [2.05, 4.69) is 20.5 Å². The Kier molecular flexibility index (Phi) is 7.22. The molecule has 0 fully saturated rings. The van der Waals surface area contributed by atoms with Crippen molar-refractivity contribution in [2.75, 3.05) is 39.1 Å². The zero-order chi connectivity index (χ0) is 18.1. The van der Waals surface area contributed by atoms with Gasteiger partial charge in [0, 0.05) is 18.4 Å². The molecule has 0 saturated carbocycles. The van der Waals surface area contributed by atoms with Crippen LogP contribution in [0.15, 0.2) is 42.6 Å². The van der Waals surface area contributed by atoms with Gasteiger partial charge in [-0.15, -0.1) is 0 Å². The fourth-order valence-electron chi connectivity index (χ4n) is 2.33. The minimum Gasteiger partial charge on any atom is -0.492 e. The Hall–Kier alpha value is -2.60. The number of nitrogens with one attached hydrogen (secondary N) is 2. The number of benzene rings is 1. The number of hydrogen-bond donors (Lipinski definition) is 2. The summed E-state index contributed by atoms with van der Waals surface area (Å²) in [5, 5.41) is 6.18. The average molecular weight is 342 g/mol. The van der Waals surface area contributed by atoms with Crippen molar-refractivity contribution in [3.05, 3.63) is 48.3 Å². The third kappa shape index (κ3) is 6.08. The van der Waals surface area contributed by atoms with E-state index in [4.69, 9.17) is 4.74 Å². The van der Waals surface area contributed by atoms with Gasteiger partial charge >= 0.3 is 0 Å². The maximum absolute atomic E-state index is 12.2. The van der Waals surface area contributed by atoms with Gasteiger partial charge in [-0.2, -0.15) is 0 Å². The summed E-state index contributed by atoms with van der Waals surface area (Å²) in [5.74, 6) is 0.608. The quantitative estimate of drug-likeness (QED) is 0.686. The summed E-state index contributed by atoms with van der Waals surface area (Å²) < 4.78 is 5.61. The number of hydrogen-bond acceptors (Lipinski definition) is 5. The molecule has 0 spiro atoms. The Morgan fingerprint density at radius 1 is 1.24 bits per heavy atom. The predicted molar refractivity (Wildman–Crippen MR) is 101 cm³/mol. The number of carbonyl (C=O) groups excluding carboxylic acids is 1. The third-order valence-electron chi connectivity index (χ3n) is 3.53. The van der Waals surface area contributed by atoms with Gasteiger partial charge in [-0.3, -0.25) is 9.78 Å². The largest absolute Gasteiger partial charge is 0.492 e. The number of ether oxygens (including phenoxy) is 1. The van der Waals surface area contributed by atoms with Crippen molar-refractivity contribution in [3.63, 3.8) is 0 Å². The Labute approximate surface area is 149 Å².